The van der Waals surface area contributed by atoms with Gasteiger partial charge in [-0.3, -0.25) is 9.59 Å². The van der Waals surface area contributed by atoms with Crippen LogP contribution in [0.4, 0.5) is 0 Å². The van der Waals surface area contributed by atoms with Gasteiger partial charge in [-0.1, -0.05) is 69.3 Å². The largest absolute Gasteiger partial charge is 0.475 e. The zero-order valence-electron chi connectivity index (χ0n) is 20.2. The van der Waals surface area contributed by atoms with Crippen LogP contribution in [0.25, 0.3) is 11.1 Å². The van der Waals surface area contributed by atoms with Gasteiger partial charge in [-0.15, -0.1) is 0 Å². The third kappa shape index (κ3) is 5.06. The van der Waals surface area contributed by atoms with E-state index in [2.05, 4.69) is 24.3 Å². The van der Waals surface area contributed by atoms with Crippen molar-refractivity contribution in [3.63, 3.8) is 0 Å². The van der Waals surface area contributed by atoms with Crippen molar-refractivity contribution >= 4 is 19.0 Å². The highest BCUT2D eigenvalue weighted by Gasteiger charge is 2.41. The Bertz CT molecular complexity index is 994. The van der Waals surface area contributed by atoms with Crippen molar-refractivity contribution in [2.24, 2.45) is 17.8 Å². The summed E-state index contributed by atoms with van der Waals surface area (Å²) in [5, 5.41) is 19.8. The van der Waals surface area contributed by atoms with Crippen LogP contribution >= 0.6 is 0 Å². The number of esters is 1. The first-order valence-electron chi connectivity index (χ1n) is 12.3. The number of amides is 1. The molecule has 3 atom stereocenters. The predicted molar refractivity (Wildman–Crippen MR) is 132 cm³/mol. The fourth-order valence-corrected chi connectivity index (χ4v) is 5.56. The highest BCUT2D eigenvalue weighted by atomic mass is 16.5. The summed E-state index contributed by atoms with van der Waals surface area (Å²) < 4.78 is 5.73. The smallest absolute Gasteiger partial charge is 0.465 e. The van der Waals surface area contributed by atoms with Crippen LogP contribution in [0.15, 0.2) is 48.5 Å². The van der Waals surface area contributed by atoms with Gasteiger partial charge in [0, 0.05) is 18.4 Å². The molecule has 2 N–H and O–H groups in total. The molecule has 0 saturated carbocycles. The molecule has 1 fully saturated rings. The number of carbonyl (C=O) groups excluding carboxylic acids is 2. The molecule has 1 saturated heterocycles. The highest BCUT2D eigenvalue weighted by Crippen LogP contribution is 2.44. The molecule has 7 heteroatoms. The summed E-state index contributed by atoms with van der Waals surface area (Å²) in [7, 11) is -1.60. The number of benzene rings is 2. The lowest BCUT2D eigenvalue weighted by atomic mass is 9.72. The second-order valence-electron chi connectivity index (χ2n) is 10.3. The third-order valence-corrected chi connectivity index (χ3v) is 7.07. The molecule has 1 aliphatic carbocycles. The maximum atomic E-state index is 13.2. The second kappa shape index (κ2) is 10.3. The predicted octanol–water partition coefficient (Wildman–Crippen LogP) is 3.64. The van der Waals surface area contributed by atoms with Crippen molar-refractivity contribution < 1.29 is 24.4 Å². The van der Waals surface area contributed by atoms with Crippen LogP contribution in [0.5, 0.6) is 0 Å². The molecule has 34 heavy (non-hydrogen) atoms. The average molecular weight is 463 g/mol. The fraction of sp³-hybridized carbons (Fsp3) is 0.481. The summed E-state index contributed by atoms with van der Waals surface area (Å²) in [5.74, 6) is -1.40. The molecular weight excluding hydrogens is 429 g/mol. The molecule has 6 nitrogen and oxygen atoms in total. The molecule has 0 spiro atoms. The Morgan fingerprint density at radius 1 is 1.09 bits per heavy atom. The minimum absolute atomic E-state index is 0.00556. The monoisotopic (exact) mass is 463 g/mol. The van der Waals surface area contributed by atoms with Crippen molar-refractivity contribution in [1.82, 2.24) is 4.90 Å². The summed E-state index contributed by atoms with van der Waals surface area (Å²) in [4.78, 5) is 27.6. The van der Waals surface area contributed by atoms with E-state index in [-0.39, 0.29) is 42.7 Å². The van der Waals surface area contributed by atoms with E-state index in [4.69, 9.17) is 4.74 Å². The molecule has 1 aliphatic heterocycles. The Balaban J connectivity index is 1.42. The van der Waals surface area contributed by atoms with Crippen molar-refractivity contribution in [3.05, 3.63) is 59.7 Å². The molecule has 0 radical (unpaired) electrons. The number of ether oxygens (including phenoxy) is 1. The quantitative estimate of drug-likeness (QED) is 0.461. The minimum atomic E-state index is -1.60. The molecule has 2 aliphatic rings. The van der Waals surface area contributed by atoms with E-state index < -0.39 is 19.0 Å². The lowest BCUT2D eigenvalue weighted by Gasteiger charge is -2.41. The zero-order valence-corrected chi connectivity index (χ0v) is 20.2. The van der Waals surface area contributed by atoms with Gasteiger partial charge < -0.3 is 19.7 Å². The Hall–Kier alpha value is -2.64. The van der Waals surface area contributed by atoms with Gasteiger partial charge in [0.15, 0.2) is 0 Å². The molecular formula is C27H34BNO5. The summed E-state index contributed by atoms with van der Waals surface area (Å²) >= 11 is 0. The van der Waals surface area contributed by atoms with E-state index in [1.54, 1.807) is 4.90 Å². The van der Waals surface area contributed by atoms with Gasteiger partial charge in [-0.2, -0.15) is 0 Å². The standard InChI is InChI=1S/C27H34BNO5/c1-17(2)12-25(28(32)33)29-15-18(3)13-19(27(29)31)14-26(30)34-16-24-22-10-6-4-8-20(22)21-9-5-7-11-23(21)24/h4-11,17-19,24-25,32-33H,12-16H2,1-3H3/t18?,19-,25+/m1/s1. The van der Waals surface area contributed by atoms with Gasteiger partial charge in [0.25, 0.3) is 0 Å². The van der Waals surface area contributed by atoms with Crippen molar-refractivity contribution in [1.29, 1.82) is 0 Å². The lowest BCUT2D eigenvalue weighted by Crippen LogP contribution is -2.56. The van der Waals surface area contributed by atoms with Crippen molar-refractivity contribution in [2.45, 2.75) is 51.9 Å². The first-order valence-corrected chi connectivity index (χ1v) is 12.3. The molecule has 1 amide bonds. The van der Waals surface area contributed by atoms with E-state index in [1.807, 2.05) is 45.0 Å². The van der Waals surface area contributed by atoms with Crippen LogP contribution in [-0.4, -0.2) is 53.0 Å². The number of hydrogen-bond donors (Lipinski definition) is 2. The van der Waals surface area contributed by atoms with Crippen molar-refractivity contribution in [2.75, 3.05) is 13.2 Å². The van der Waals surface area contributed by atoms with E-state index in [0.29, 0.717) is 19.4 Å². The van der Waals surface area contributed by atoms with Crippen LogP contribution in [0.2, 0.25) is 0 Å². The molecule has 4 rings (SSSR count). The van der Waals surface area contributed by atoms with Crippen LogP contribution in [-0.2, 0) is 14.3 Å². The number of hydrogen-bond acceptors (Lipinski definition) is 5. The molecule has 1 heterocycles. The second-order valence-corrected chi connectivity index (χ2v) is 10.3. The summed E-state index contributed by atoms with van der Waals surface area (Å²) in [5.41, 5.74) is 4.65. The van der Waals surface area contributed by atoms with Gasteiger partial charge in [0.1, 0.15) is 6.61 Å². The molecule has 2 aromatic rings. The highest BCUT2D eigenvalue weighted by molar-refractivity contribution is 6.43. The Kier molecular flexibility index (Phi) is 7.43. The van der Waals surface area contributed by atoms with Crippen LogP contribution in [0.1, 0.15) is 57.1 Å². The van der Waals surface area contributed by atoms with E-state index in [0.717, 1.165) is 11.1 Å². The van der Waals surface area contributed by atoms with E-state index >= 15 is 0 Å². The normalized spacial score (nSPS) is 20.8. The maximum absolute atomic E-state index is 13.2. The van der Waals surface area contributed by atoms with Crippen LogP contribution in [0, 0.1) is 17.8 Å². The number of rotatable bonds is 8. The van der Waals surface area contributed by atoms with Crippen molar-refractivity contribution in [3.8, 4) is 11.1 Å². The van der Waals surface area contributed by atoms with Gasteiger partial charge >= 0.3 is 13.1 Å². The van der Waals surface area contributed by atoms with Gasteiger partial charge in [0.2, 0.25) is 5.91 Å². The Labute approximate surface area is 202 Å². The first kappa shape index (κ1) is 24.5. The SMILES string of the molecule is CC(C)C[C@@H](B(O)O)N1CC(C)C[C@H](CC(=O)OCC2c3ccccc3-c3ccccc32)C1=O. The first-order chi connectivity index (χ1) is 16.3. The number of nitrogens with zero attached hydrogens (tertiary/aromatic N) is 1. The number of likely N-dealkylation sites (tertiary alicyclic amines) is 1. The molecule has 0 bridgehead atoms. The van der Waals surface area contributed by atoms with E-state index in [9.17, 15) is 19.6 Å². The molecule has 1 unspecified atom stereocenters. The maximum Gasteiger partial charge on any atom is 0.475 e. The molecule has 0 aromatic heterocycles. The zero-order chi connectivity index (χ0) is 24.4. The third-order valence-electron chi connectivity index (χ3n) is 7.07. The molecule has 2 aromatic carbocycles. The van der Waals surface area contributed by atoms with Crippen LogP contribution < -0.4 is 0 Å². The molecule has 180 valence electrons. The summed E-state index contributed by atoms with van der Waals surface area (Å²) in [6.45, 7) is 6.70. The van der Waals surface area contributed by atoms with Gasteiger partial charge in [-0.05, 0) is 46.9 Å². The average Bonchev–Trinajstić information content (AvgIpc) is 3.12. The van der Waals surface area contributed by atoms with Gasteiger partial charge in [-0.25, -0.2) is 0 Å². The summed E-state index contributed by atoms with van der Waals surface area (Å²) in [6.07, 6.45) is 1.09. The topological polar surface area (TPSA) is 87.1 Å². The van der Waals surface area contributed by atoms with Gasteiger partial charge in [0.05, 0.1) is 12.4 Å². The lowest BCUT2D eigenvalue weighted by molar-refractivity contribution is -0.152. The Morgan fingerprint density at radius 3 is 2.24 bits per heavy atom. The minimum Gasteiger partial charge on any atom is -0.465 e. The number of piperidine rings is 1. The Morgan fingerprint density at radius 2 is 1.68 bits per heavy atom. The van der Waals surface area contributed by atoms with E-state index in [1.165, 1.54) is 11.1 Å². The number of fused-ring (bicyclic) bond motifs is 3. The number of carbonyl (C=O) groups is 2. The fourth-order valence-electron chi connectivity index (χ4n) is 5.56. The summed E-state index contributed by atoms with van der Waals surface area (Å²) in [6, 6.07) is 16.4. The van der Waals surface area contributed by atoms with Crippen LogP contribution in [0.3, 0.4) is 0 Å².